The molecule has 0 bridgehead atoms. The molecule has 0 saturated heterocycles. The number of fused-ring (bicyclic) bond motifs is 1. The van der Waals surface area contributed by atoms with Gasteiger partial charge in [0.05, 0.1) is 17.9 Å². The Balaban J connectivity index is 1.89. The Morgan fingerprint density at radius 2 is 2.30 bits per heavy atom. The van der Waals surface area contributed by atoms with Crippen molar-refractivity contribution in [1.82, 2.24) is 4.98 Å². The van der Waals surface area contributed by atoms with Gasteiger partial charge in [0.15, 0.2) is 0 Å². The van der Waals surface area contributed by atoms with E-state index >= 15 is 0 Å². The number of benzene rings is 1. The van der Waals surface area contributed by atoms with Crippen LogP contribution < -0.4 is 5.32 Å². The molecule has 1 aliphatic heterocycles. The molecule has 5 heteroatoms. The van der Waals surface area contributed by atoms with Gasteiger partial charge in [-0.05, 0) is 52.5 Å². The lowest BCUT2D eigenvalue weighted by atomic mass is 10.0. The highest BCUT2D eigenvalue weighted by molar-refractivity contribution is 9.10. The van der Waals surface area contributed by atoms with Crippen LogP contribution in [0.15, 0.2) is 40.0 Å². The minimum absolute atomic E-state index is 0.121. The van der Waals surface area contributed by atoms with E-state index < -0.39 is 0 Å². The van der Waals surface area contributed by atoms with Crippen molar-refractivity contribution < 1.29 is 4.39 Å². The monoisotopic (exact) mass is 352 g/mol. The van der Waals surface area contributed by atoms with E-state index in [0.29, 0.717) is 0 Å². The molecule has 1 N–H and O–H groups in total. The lowest BCUT2D eigenvalue weighted by Gasteiger charge is -2.27. The molecule has 2 aromatic rings. The van der Waals surface area contributed by atoms with Gasteiger partial charge in [-0.1, -0.05) is 12.1 Å². The summed E-state index contributed by atoms with van der Waals surface area (Å²) in [6.07, 6.45) is 2.79. The molecule has 20 heavy (non-hydrogen) atoms. The predicted molar refractivity (Wildman–Crippen MR) is 84.8 cm³/mol. The van der Waals surface area contributed by atoms with E-state index in [4.69, 9.17) is 0 Å². The van der Waals surface area contributed by atoms with Crippen molar-refractivity contribution in [3.8, 4) is 0 Å². The molecule has 0 radical (unpaired) electrons. The summed E-state index contributed by atoms with van der Waals surface area (Å²) in [7, 11) is 0. The SMILES string of the molecule is Cc1cc(NC2CCSc3c(F)cccc32)cnc1Br. The fourth-order valence-corrected chi connectivity index (χ4v) is 3.73. The Morgan fingerprint density at radius 3 is 3.10 bits per heavy atom. The first kappa shape index (κ1) is 13.9. The Hall–Kier alpha value is -1.07. The maximum absolute atomic E-state index is 13.8. The average Bonchev–Trinajstić information content (AvgIpc) is 2.44. The number of nitrogens with zero attached hydrogens (tertiary/aromatic N) is 1. The fraction of sp³-hybridized carbons (Fsp3) is 0.267. The normalized spacial score (nSPS) is 17.6. The zero-order valence-corrected chi connectivity index (χ0v) is 13.4. The van der Waals surface area contributed by atoms with E-state index in [1.54, 1.807) is 24.0 Å². The van der Waals surface area contributed by atoms with Crippen molar-refractivity contribution in [1.29, 1.82) is 0 Å². The molecular weight excluding hydrogens is 339 g/mol. The summed E-state index contributed by atoms with van der Waals surface area (Å²) in [6.45, 7) is 2.01. The van der Waals surface area contributed by atoms with Crippen molar-refractivity contribution in [2.24, 2.45) is 0 Å². The second-order valence-corrected chi connectivity index (χ2v) is 6.68. The van der Waals surface area contributed by atoms with E-state index in [1.807, 2.05) is 13.0 Å². The molecule has 2 heterocycles. The largest absolute Gasteiger partial charge is 0.377 e. The van der Waals surface area contributed by atoms with Gasteiger partial charge in [-0.15, -0.1) is 11.8 Å². The molecule has 0 amide bonds. The second-order valence-electron chi connectivity index (χ2n) is 4.82. The number of rotatable bonds is 2. The van der Waals surface area contributed by atoms with Crippen LogP contribution >= 0.6 is 27.7 Å². The average molecular weight is 353 g/mol. The molecule has 1 atom stereocenters. The van der Waals surface area contributed by atoms with Gasteiger partial charge in [0.1, 0.15) is 10.4 Å². The first-order chi connectivity index (χ1) is 9.65. The number of pyridine rings is 1. The predicted octanol–water partition coefficient (Wildman–Crippen LogP) is 4.94. The number of anilines is 1. The van der Waals surface area contributed by atoms with Gasteiger partial charge in [0.2, 0.25) is 0 Å². The molecule has 3 rings (SSSR count). The maximum Gasteiger partial charge on any atom is 0.137 e. The van der Waals surface area contributed by atoms with E-state index in [-0.39, 0.29) is 11.9 Å². The Morgan fingerprint density at radius 1 is 1.45 bits per heavy atom. The number of hydrogen-bond donors (Lipinski definition) is 1. The lowest BCUT2D eigenvalue weighted by Crippen LogP contribution is -2.17. The molecule has 0 spiro atoms. The van der Waals surface area contributed by atoms with Crippen LogP contribution in [0, 0.1) is 12.7 Å². The van der Waals surface area contributed by atoms with Crippen molar-refractivity contribution in [2.45, 2.75) is 24.3 Å². The molecule has 1 unspecified atom stereocenters. The van der Waals surface area contributed by atoms with Gasteiger partial charge in [-0.3, -0.25) is 0 Å². The zero-order chi connectivity index (χ0) is 14.1. The third kappa shape index (κ3) is 2.69. The number of thioether (sulfide) groups is 1. The lowest BCUT2D eigenvalue weighted by molar-refractivity contribution is 0.585. The minimum atomic E-state index is -0.121. The Bertz CT molecular complexity index is 648. The third-order valence-electron chi connectivity index (χ3n) is 3.38. The van der Waals surface area contributed by atoms with Crippen LogP contribution in [0.4, 0.5) is 10.1 Å². The number of nitrogens with one attached hydrogen (secondary N) is 1. The number of hydrogen-bond acceptors (Lipinski definition) is 3. The van der Waals surface area contributed by atoms with Gasteiger partial charge in [-0.2, -0.15) is 0 Å². The molecule has 104 valence electrons. The first-order valence-corrected chi connectivity index (χ1v) is 8.23. The number of halogens is 2. The second kappa shape index (κ2) is 5.74. The highest BCUT2D eigenvalue weighted by Crippen LogP contribution is 2.39. The van der Waals surface area contributed by atoms with Gasteiger partial charge >= 0.3 is 0 Å². The summed E-state index contributed by atoms with van der Waals surface area (Å²) in [5.41, 5.74) is 3.10. The number of aromatic nitrogens is 1. The summed E-state index contributed by atoms with van der Waals surface area (Å²) < 4.78 is 14.7. The van der Waals surface area contributed by atoms with Crippen molar-refractivity contribution in [3.63, 3.8) is 0 Å². The fourth-order valence-electron chi connectivity index (χ4n) is 2.37. The van der Waals surface area contributed by atoms with Crippen LogP contribution in [0.3, 0.4) is 0 Å². The molecule has 0 aliphatic carbocycles. The van der Waals surface area contributed by atoms with E-state index in [1.165, 1.54) is 6.07 Å². The van der Waals surface area contributed by atoms with Gasteiger partial charge in [-0.25, -0.2) is 9.37 Å². The molecular formula is C15H14BrFN2S. The Kier molecular flexibility index (Phi) is 3.98. The van der Waals surface area contributed by atoms with Crippen LogP contribution in [0.1, 0.15) is 23.6 Å². The van der Waals surface area contributed by atoms with E-state index in [9.17, 15) is 4.39 Å². The topological polar surface area (TPSA) is 24.9 Å². The van der Waals surface area contributed by atoms with Gasteiger partial charge < -0.3 is 5.32 Å². The van der Waals surface area contributed by atoms with Crippen LogP contribution in [0.5, 0.6) is 0 Å². The highest BCUT2D eigenvalue weighted by Gasteiger charge is 2.23. The van der Waals surface area contributed by atoms with Crippen LogP contribution in [-0.2, 0) is 0 Å². The van der Waals surface area contributed by atoms with Crippen LogP contribution in [0.25, 0.3) is 0 Å². The summed E-state index contributed by atoms with van der Waals surface area (Å²) >= 11 is 5.00. The molecule has 1 aliphatic rings. The molecule has 0 fully saturated rings. The minimum Gasteiger partial charge on any atom is -0.377 e. The maximum atomic E-state index is 13.8. The van der Waals surface area contributed by atoms with Crippen LogP contribution in [0.2, 0.25) is 0 Å². The highest BCUT2D eigenvalue weighted by atomic mass is 79.9. The molecule has 1 aromatic heterocycles. The molecule has 2 nitrogen and oxygen atoms in total. The third-order valence-corrected chi connectivity index (χ3v) is 5.37. The summed E-state index contributed by atoms with van der Waals surface area (Å²) in [5.74, 6) is 0.804. The van der Waals surface area contributed by atoms with Crippen molar-refractivity contribution in [3.05, 3.63) is 52.0 Å². The summed E-state index contributed by atoms with van der Waals surface area (Å²) in [6, 6.07) is 7.50. The Labute approximate surface area is 130 Å². The standard InChI is InChI=1S/C15H14BrFN2S/c1-9-7-10(8-18-15(9)16)19-13-5-6-20-14-11(13)3-2-4-12(14)17/h2-4,7-8,13,19H,5-6H2,1H3. The van der Waals surface area contributed by atoms with Gasteiger partial charge in [0, 0.05) is 10.6 Å². The molecule has 1 aromatic carbocycles. The van der Waals surface area contributed by atoms with E-state index in [0.717, 1.165) is 38.5 Å². The number of aryl methyl sites for hydroxylation is 1. The smallest absolute Gasteiger partial charge is 0.137 e. The molecule has 0 saturated carbocycles. The van der Waals surface area contributed by atoms with E-state index in [2.05, 4.69) is 32.3 Å². The van der Waals surface area contributed by atoms with Crippen molar-refractivity contribution in [2.75, 3.05) is 11.1 Å². The van der Waals surface area contributed by atoms with Crippen LogP contribution in [-0.4, -0.2) is 10.7 Å². The first-order valence-electron chi connectivity index (χ1n) is 6.45. The zero-order valence-electron chi connectivity index (χ0n) is 11.0. The summed E-state index contributed by atoms with van der Waals surface area (Å²) in [5, 5.41) is 3.47. The quantitative estimate of drug-likeness (QED) is 0.774. The summed E-state index contributed by atoms with van der Waals surface area (Å²) in [4.78, 5) is 5.07. The van der Waals surface area contributed by atoms with Crippen molar-refractivity contribution >= 4 is 33.4 Å². The van der Waals surface area contributed by atoms with Gasteiger partial charge in [0.25, 0.3) is 0 Å².